The Morgan fingerprint density at radius 1 is 0.881 bits per heavy atom. The zero-order valence-electron chi connectivity index (χ0n) is 22.6. The van der Waals surface area contributed by atoms with E-state index in [1.165, 1.54) is 4.90 Å². The minimum absolute atomic E-state index is 0.0828. The molecule has 0 fully saturated rings. The standard InChI is InChI=1S/C32H27N7O3/c1-39(27(40)18-33)22-14-11-20(12-15-22)34-29(19-7-3-2-4-8-19)28-23-16-13-21(17-26(23)38-31(28)41)35-32(42)30-36-24-9-5-6-10-25(24)37-30/h2-17,34H,18,33H2,1H3,(H,35,42)(H,36,37)(H,38,41)/b29-28-. The number of anilines is 4. The first-order chi connectivity index (χ1) is 20.4. The van der Waals surface area contributed by atoms with Crippen molar-refractivity contribution in [2.24, 2.45) is 5.73 Å². The number of likely N-dealkylation sites (N-methyl/N-ethyl adjacent to an activating group) is 1. The Bertz CT molecular complexity index is 1830. The monoisotopic (exact) mass is 557 g/mol. The van der Waals surface area contributed by atoms with Crippen molar-refractivity contribution in [2.45, 2.75) is 0 Å². The number of fused-ring (bicyclic) bond motifs is 2. The van der Waals surface area contributed by atoms with Crippen molar-refractivity contribution in [1.82, 2.24) is 9.97 Å². The van der Waals surface area contributed by atoms with E-state index < -0.39 is 0 Å². The van der Waals surface area contributed by atoms with Gasteiger partial charge in [0, 0.05) is 29.7 Å². The summed E-state index contributed by atoms with van der Waals surface area (Å²) in [6, 6.07) is 29.5. The van der Waals surface area contributed by atoms with Gasteiger partial charge in [0.05, 0.1) is 34.5 Å². The van der Waals surface area contributed by atoms with Crippen LogP contribution in [0.1, 0.15) is 21.7 Å². The molecule has 0 bridgehead atoms. The molecule has 0 saturated heterocycles. The van der Waals surface area contributed by atoms with Crippen LogP contribution >= 0.6 is 0 Å². The van der Waals surface area contributed by atoms with Crippen LogP contribution < -0.4 is 26.6 Å². The van der Waals surface area contributed by atoms with Crippen LogP contribution in [-0.4, -0.2) is 41.3 Å². The van der Waals surface area contributed by atoms with Crippen molar-refractivity contribution >= 4 is 62.8 Å². The van der Waals surface area contributed by atoms with Gasteiger partial charge in [-0.05, 0) is 60.2 Å². The summed E-state index contributed by atoms with van der Waals surface area (Å²) < 4.78 is 0. The van der Waals surface area contributed by atoms with E-state index in [1.54, 1.807) is 25.2 Å². The number of nitrogens with zero attached hydrogens (tertiary/aromatic N) is 2. The smallest absolute Gasteiger partial charge is 0.291 e. The van der Waals surface area contributed by atoms with Crippen LogP contribution in [0, 0.1) is 0 Å². The van der Waals surface area contributed by atoms with Gasteiger partial charge >= 0.3 is 0 Å². The lowest BCUT2D eigenvalue weighted by Crippen LogP contribution is -2.32. The number of aromatic nitrogens is 2. The van der Waals surface area contributed by atoms with Gasteiger partial charge in [0.1, 0.15) is 0 Å². The highest BCUT2D eigenvalue weighted by molar-refractivity contribution is 6.37. The molecule has 0 saturated carbocycles. The third-order valence-electron chi connectivity index (χ3n) is 7.01. The largest absolute Gasteiger partial charge is 0.354 e. The van der Waals surface area contributed by atoms with Crippen molar-refractivity contribution in [3.05, 3.63) is 114 Å². The van der Waals surface area contributed by atoms with Crippen molar-refractivity contribution in [2.75, 3.05) is 34.4 Å². The fraction of sp³-hybridized carbons (Fsp3) is 0.0625. The predicted octanol–water partition coefficient (Wildman–Crippen LogP) is 4.67. The Kier molecular flexibility index (Phi) is 6.95. The maximum absolute atomic E-state index is 13.4. The minimum atomic E-state index is -0.389. The Morgan fingerprint density at radius 2 is 1.60 bits per heavy atom. The first-order valence-corrected chi connectivity index (χ1v) is 13.3. The van der Waals surface area contributed by atoms with Gasteiger partial charge < -0.3 is 31.6 Å². The molecule has 4 aromatic carbocycles. The zero-order valence-corrected chi connectivity index (χ0v) is 22.6. The lowest BCUT2D eigenvalue weighted by atomic mass is 9.99. The van der Waals surface area contributed by atoms with Crippen LogP contribution in [0.2, 0.25) is 0 Å². The molecule has 3 amide bonds. The molecule has 0 radical (unpaired) electrons. The number of carbonyl (C=O) groups is 3. The number of amides is 3. The van der Waals surface area contributed by atoms with E-state index in [0.29, 0.717) is 39.4 Å². The van der Waals surface area contributed by atoms with E-state index in [4.69, 9.17) is 5.73 Å². The quantitative estimate of drug-likeness (QED) is 0.184. The van der Waals surface area contributed by atoms with Crippen LogP contribution in [0.25, 0.3) is 22.3 Å². The number of hydrogen-bond donors (Lipinski definition) is 5. The topological polar surface area (TPSA) is 145 Å². The molecule has 1 aliphatic heterocycles. The molecule has 6 N–H and O–H groups in total. The molecule has 1 aliphatic rings. The van der Waals surface area contributed by atoms with E-state index in [1.807, 2.05) is 78.9 Å². The second-order valence-corrected chi connectivity index (χ2v) is 9.72. The minimum Gasteiger partial charge on any atom is -0.354 e. The van der Waals surface area contributed by atoms with E-state index in [9.17, 15) is 14.4 Å². The number of nitrogens with one attached hydrogen (secondary N) is 4. The maximum Gasteiger partial charge on any atom is 0.291 e. The van der Waals surface area contributed by atoms with Crippen LogP contribution in [-0.2, 0) is 9.59 Å². The summed E-state index contributed by atoms with van der Waals surface area (Å²) in [6.07, 6.45) is 0. The number of imidazole rings is 1. The van der Waals surface area contributed by atoms with Gasteiger partial charge in [-0.3, -0.25) is 14.4 Å². The Labute approximate surface area is 241 Å². The van der Waals surface area contributed by atoms with Gasteiger partial charge in [-0.1, -0.05) is 42.5 Å². The van der Waals surface area contributed by atoms with Gasteiger partial charge in [-0.2, -0.15) is 0 Å². The van der Waals surface area contributed by atoms with Crippen molar-refractivity contribution in [3.63, 3.8) is 0 Å². The van der Waals surface area contributed by atoms with E-state index in [0.717, 1.165) is 16.8 Å². The molecule has 1 aromatic heterocycles. The molecular weight excluding hydrogens is 530 g/mol. The molecule has 42 heavy (non-hydrogen) atoms. The lowest BCUT2D eigenvalue weighted by molar-refractivity contribution is -0.117. The Morgan fingerprint density at radius 3 is 2.33 bits per heavy atom. The molecule has 10 nitrogen and oxygen atoms in total. The molecule has 0 spiro atoms. The number of rotatable bonds is 7. The van der Waals surface area contributed by atoms with Crippen LogP contribution in [0.4, 0.5) is 22.7 Å². The summed E-state index contributed by atoms with van der Waals surface area (Å²) >= 11 is 0. The second kappa shape index (κ2) is 11.0. The highest BCUT2D eigenvalue weighted by Crippen LogP contribution is 2.39. The number of benzene rings is 4. The summed E-state index contributed by atoms with van der Waals surface area (Å²) in [6.45, 7) is -0.0828. The predicted molar refractivity (Wildman–Crippen MR) is 165 cm³/mol. The van der Waals surface area contributed by atoms with Crippen molar-refractivity contribution < 1.29 is 14.4 Å². The third-order valence-corrected chi connectivity index (χ3v) is 7.01. The average Bonchev–Trinajstić information content (AvgIpc) is 3.60. The number of hydrogen-bond acceptors (Lipinski definition) is 6. The molecule has 0 atom stereocenters. The average molecular weight is 558 g/mol. The molecule has 6 rings (SSSR count). The fourth-order valence-corrected chi connectivity index (χ4v) is 4.83. The molecule has 208 valence electrons. The molecule has 5 aromatic rings. The Balaban J connectivity index is 1.31. The summed E-state index contributed by atoms with van der Waals surface area (Å²) in [5, 5.41) is 9.20. The van der Waals surface area contributed by atoms with Crippen molar-refractivity contribution in [1.29, 1.82) is 0 Å². The summed E-state index contributed by atoms with van der Waals surface area (Å²) in [4.78, 5) is 47.1. The van der Waals surface area contributed by atoms with Gasteiger partial charge in [-0.25, -0.2) is 4.98 Å². The Hall–Kier alpha value is -5.74. The first kappa shape index (κ1) is 26.5. The van der Waals surface area contributed by atoms with Gasteiger partial charge in [0.15, 0.2) is 5.82 Å². The van der Waals surface area contributed by atoms with Gasteiger partial charge in [0.25, 0.3) is 11.8 Å². The number of nitrogens with two attached hydrogens (primary N) is 1. The summed E-state index contributed by atoms with van der Waals surface area (Å²) in [5.41, 5.74) is 12.1. The third kappa shape index (κ3) is 5.09. The van der Waals surface area contributed by atoms with Crippen LogP contribution in [0.3, 0.4) is 0 Å². The zero-order chi connectivity index (χ0) is 29.2. The number of H-pyrrole nitrogens is 1. The molecule has 0 aliphatic carbocycles. The molecular formula is C32H27N7O3. The lowest BCUT2D eigenvalue weighted by Gasteiger charge is -2.18. The maximum atomic E-state index is 13.4. The molecule has 2 heterocycles. The van der Waals surface area contributed by atoms with Gasteiger partial charge in [-0.15, -0.1) is 0 Å². The number of para-hydroxylation sites is 2. The first-order valence-electron chi connectivity index (χ1n) is 13.3. The van der Waals surface area contributed by atoms with Crippen LogP contribution in [0.5, 0.6) is 0 Å². The van der Waals surface area contributed by atoms with Crippen LogP contribution in [0.15, 0.2) is 97.1 Å². The van der Waals surface area contributed by atoms with Crippen molar-refractivity contribution in [3.8, 4) is 0 Å². The summed E-state index contributed by atoms with van der Waals surface area (Å²) in [5.74, 6) is -0.668. The van der Waals surface area contributed by atoms with E-state index in [2.05, 4.69) is 25.9 Å². The van der Waals surface area contributed by atoms with Gasteiger partial charge in [0.2, 0.25) is 5.91 Å². The normalized spacial score (nSPS) is 13.3. The highest BCUT2D eigenvalue weighted by atomic mass is 16.2. The molecule has 0 unspecified atom stereocenters. The van der Waals surface area contributed by atoms with E-state index >= 15 is 0 Å². The SMILES string of the molecule is CN(C(=O)CN)c1ccc(N/C(=C2\C(=O)Nc3cc(NC(=O)c4nc5ccccc5[nH]4)ccc32)c2ccccc2)cc1. The highest BCUT2D eigenvalue weighted by Gasteiger charge is 2.29. The molecule has 10 heteroatoms. The number of aromatic amines is 1. The van der Waals surface area contributed by atoms with E-state index in [-0.39, 0.29) is 30.1 Å². The second-order valence-electron chi connectivity index (χ2n) is 9.72. The number of carbonyl (C=O) groups excluding carboxylic acids is 3. The summed E-state index contributed by atoms with van der Waals surface area (Å²) in [7, 11) is 1.67. The fourth-order valence-electron chi connectivity index (χ4n) is 4.83.